The van der Waals surface area contributed by atoms with Crippen molar-refractivity contribution in [3.05, 3.63) is 78.0 Å². The van der Waals surface area contributed by atoms with Crippen molar-refractivity contribution < 1.29 is 35.8 Å². The molecule has 3 aromatic carbocycles. The third kappa shape index (κ3) is 5.01. The first-order chi connectivity index (χ1) is 17.0. The average Bonchev–Trinajstić information content (AvgIpc) is 2.84. The summed E-state index contributed by atoms with van der Waals surface area (Å²) in [6.45, 7) is 1.61. The van der Waals surface area contributed by atoms with E-state index in [1.165, 1.54) is 32.4 Å². The number of nitrogens with zero attached hydrogens (tertiary/aromatic N) is 1. The van der Waals surface area contributed by atoms with Crippen molar-refractivity contribution in [3.8, 4) is 23.0 Å². The quantitative estimate of drug-likeness (QED) is 0.315. The predicted molar refractivity (Wildman–Crippen MR) is 128 cm³/mol. The van der Waals surface area contributed by atoms with Gasteiger partial charge in [0.25, 0.3) is 10.0 Å². The number of anilines is 1. The van der Waals surface area contributed by atoms with E-state index in [4.69, 9.17) is 14.2 Å². The average molecular weight is 519 g/mol. The maximum Gasteiger partial charge on any atom is 0.417 e. The highest BCUT2D eigenvalue weighted by atomic mass is 32.2. The van der Waals surface area contributed by atoms with Gasteiger partial charge in [-0.3, -0.25) is 9.71 Å². The highest BCUT2D eigenvalue weighted by molar-refractivity contribution is 7.92. The van der Waals surface area contributed by atoms with Crippen LogP contribution in [-0.4, -0.2) is 27.6 Å². The molecular formula is C25H21F3N2O5S. The van der Waals surface area contributed by atoms with Crippen LogP contribution in [-0.2, 0) is 16.2 Å². The lowest BCUT2D eigenvalue weighted by atomic mass is 10.1. The summed E-state index contributed by atoms with van der Waals surface area (Å²) in [4.78, 5) is 3.46. The van der Waals surface area contributed by atoms with Crippen LogP contribution in [0.2, 0.25) is 0 Å². The summed E-state index contributed by atoms with van der Waals surface area (Å²) in [5.41, 5.74) is -0.0789. The van der Waals surface area contributed by atoms with Gasteiger partial charge in [0.1, 0.15) is 11.5 Å². The monoisotopic (exact) mass is 518 g/mol. The molecule has 0 aliphatic rings. The molecule has 1 aromatic heterocycles. The molecule has 0 aliphatic carbocycles. The molecule has 4 rings (SSSR count). The Hall–Kier alpha value is -3.99. The van der Waals surface area contributed by atoms with Crippen molar-refractivity contribution in [2.24, 2.45) is 0 Å². The minimum Gasteiger partial charge on any atom is -0.493 e. The zero-order chi connectivity index (χ0) is 26.1. The molecule has 0 aliphatic heterocycles. The second kappa shape index (κ2) is 9.57. The summed E-state index contributed by atoms with van der Waals surface area (Å²) >= 11 is 0. The van der Waals surface area contributed by atoms with Gasteiger partial charge in [-0.05, 0) is 55.0 Å². The summed E-state index contributed by atoms with van der Waals surface area (Å²) in [6, 6.07) is 13.6. The molecule has 0 atom stereocenters. The Balaban J connectivity index is 1.64. The van der Waals surface area contributed by atoms with Crippen molar-refractivity contribution in [2.75, 3.05) is 18.9 Å². The van der Waals surface area contributed by atoms with Crippen LogP contribution in [0.25, 0.3) is 10.9 Å². The summed E-state index contributed by atoms with van der Waals surface area (Å²) in [6.07, 6.45) is -3.25. The summed E-state index contributed by atoms with van der Waals surface area (Å²) in [5, 5.41) is 0.654. The van der Waals surface area contributed by atoms with Gasteiger partial charge >= 0.3 is 6.18 Å². The smallest absolute Gasteiger partial charge is 0.417 e. The van der Waals surface area contributed by atoms with E-state index < -0.39 is 26.7 Å². The molecule has 11 heteroatoms. The van der Waals surface area contributed by atoms with Crippen molar-refractivity contribution in [1.82, 2.24) is 4.98 Å². The van der Waals surface area contributed by atoms with E-state index in [1.54, 1.807) is 37.4 Å². The first-order valence-corrected chi connectivity index (χ1v) is 12.0. The van der Waals surface area contributed by atoms with Gasteiger partial charge < -0.3 is 14.2 Å². The third-order valence-corrected chi connectivity index (χ3v) is 6.78. The van der Waals surface area contributed by atoms with E-state index in [9.17, 15) is 21.6 Å². The molecular weight excluding hydrogens is 497 g/mol. The van der Waals surface area contributed by atoms with Crippen LogP contribution in [0.4, 0.5) is 18.9 Å². The maximum absolute atomic E-state index is 13.3. The lowest BCUT2D eigenvalue weighted by Gasteiger charge is -2.16. The number of benzene rings is 3. The van der Waals surface area contributed by atoms with Gasteiger partial charge in [-0.25, -0.2) is 8.42 Å². The van der Waals surface area contributed by atoms with E-state index in [1.807, 2.05) is 0 Å². The number of hydrogen-bond acceptors (Lipinski definition) is 6. The maximum atomic E-state index is 13.3. The zero-order valence-corrected chi connectivity index (χ0v) is 20.2. The number of aryl methyl sites for hydroxylation is 1. The Kier molecular flexibility index (Phi) is 6.68. The molecule has 36 heavy (non-hydrogen) atoms. The molecule has 0 fully saturated rings. The van der Waals surface area contributed by atoms with Crippen LogP contribution in [0, 0.1) is 6.92 Å². The summed E-state index contributed by atoms with van der Waals surface area (Å²) in [7, 11) is -1.48. The van der Waals surface area contributed by atoms with E-state index >= 15 is 0 Å². The topological polar surface area (TPSA) is 86.8 Å². The highest BCUT2D eigenvalue weighted by Gasteiger charge is 2.37. The number of pyridine rings is 1. The van der Waals surface area contributed by atoms with Crippen LogP contribution in [0.3, 0.4) is 0 Å². The molecule has 1 N–H and O–H groups in total. The van der Waals surface area contributed by atoms with E-state index in [-0.39, 0.29) is 5.69 Å². The number of aromatic nitrogens is 1. The van der Waals surface area contributed by atoms with Crippen LogP contribution in [0.15, 0.2) is 71.8 Å². The molecule has 0 unspecified atom stereocenters. The third-order valence-electron chi connectivity index (χ3n) is 5.36. The lowest BCUT2D eigenvalue weighted by Crippen LogP contribution is -2.19. The largest absolute Gasteiger partial charge is 0.493 e. The standard InChI is InChI=1S/C25H21F3N2O5S/c1-15-12-16(35-21-10-11-29-20-14-23(34-3)22(33-2)13-17(20)21)8-9-19(15)30-36(31,32)24-7-5-4-6-18(24)25(26,27)28/h4-14,30H,1-3H3. The highest BCUT2D eigenvalue weighted by Crippen LogP contribution is 2.38. The summed E-state index contributed by atoms with van der Waals surface area (Å²) < 4.78 is 84.5. The second-order valence-electron chi connectivity index (χ2n) is 7.71. The fourth-order valence-corrected chi connectivity index (χ4v) is 4.97. The molecule has 0 radical (unpaired) electrons. The SMILES string of the molecule is COc1cc2nccc(Oc3ccc(NS(=O)(=O)c4ccccc4C(F)(F)F)c(C)c3)c2cc1OC. The Morgan fingerprint density at radius 1 is 0.889 bits per heavy atom. The number of sulfonamides is 1. The Morgan fingerprint density at radius 3 is 2.25 bits per heavy atom. The van der Waals surface area contributed by atoms with Crippen molar-refractivity contribution in [2.45, 2.75) is 18.0 Å². The van der Waals surface area contributed by atoms with Gasteiger partial charge in [0.2, 0.25) is 0 Å². The van der Waals surface area contributed by atoms with Crippen molar-refractivity contribution >= 4 is 26.6 Å². The number of methoxy groups -OCH3 is 2. The van der Waals surface area contributed by atoms with Gasteiger partial charge in [0, 0.05) is 17.6 Å². The molecule has 0 saturated carbocycles. The lowest BCUT2D eigenvalue weighted by molar-refractivity contribution is -0.139. The first-order valence-electron chi connectivity index (χ1n) is 10.5. The first kappa shape index (κ1) is 25.1. The number of nitrogens with one attached hydrogen (secondary N) is 1. The molecule has 1 heterocycles. The predicted octanol–water partition coefficient (Wildman–Crippen LogP) is 6.17. The number of hydrogen-bond donors (Lipinski definition) is 1. The molecule has 0 bridgehead atoms. The van der Waals surface area contributed by atoms with E-state index in [0.717, 1.165) is 18.2 Å². The van der Waals surface area contributed by atoms with Crippen LogP contribution >= 0.6 is 0 Å². The fraction of sp³-hybridized carbons (Fsp3) is 0.160. The number of halogens is 3. The van der Waals surface area contributed by atoms with Gasteiger partial charge in [0.05, 0.1) is 35.9 Å². The molecule has 7 nitrogen and oxygen atoms in total. The molecule has 188 valence electrons. The van der Waals surface area contributed by atoms with Gasteiger partial charge in [-0.2, -0.15) is 13.2 Å². The van der Waals surface area contributed by atoms with Crippen LogP contribution < -0.4 is 18.9 Å². The number of fused-ring (bicyclic) bond motifs is 1. The molecule has 4 aromatic rings. The normalized spacial score (nSPS) is 11.8. The Bertz CT molecular complexity index is 1540. The van der Waals surface area contributed by atoms with Crippen LogP contribution in [0.5, 0.6) is 23.0 Å². The molecule has 0 amide bonds. The minimum atomic E-state index is -4.82. The van der Waals surface area contributed by atoms with Gasteiger partial charge in [-0.15, -0.1) is 0 Å². The van der Waals surface area contributed by atoms with E-state index in [2.05, 4.69) is 9.71 Å². The van der Waals surface area contributed by atoms with Crippen molar-refractivity contribution in [1.29, 1.82) is 0 Å². The molecule has 0 spiro atoms. The summed E-state index contributed by atoms with van der Waals surface area (Å²) in [5.74, 6) is 1.85. The Labute approximate surface area is 205 Å². The minimum absolute atomic E-state index is 0.116. The second-order valence-corrected chi connectivity index (χ2v) is 9.36. The molecule has 0 saturated heterocycles. The van der Waals surface area contributed by atoms with Crippen LogP contribution in [0.1, 0.15) is 11.1 Å². The fourth-order valence-electron chi connectivity index (χ4n) is 3.61. The Morgan fingerprint density at radius 2 is 1.58 bits per heavy atom. The zero-order valence-electron chi connectivity index (χ0n) is 19.4. The van der Waals surface area contributed by atoms with Crippen molar-refractivity contribution in [3.63, 3.8) is 0 Å². The van der Waals surface area contributed by atoms with E-state index in [0.29, 0.717) is 39.5 Å². The van der Waals surface area contributed by atoms with Gasteiger partial charge in [-0.1, -0.05) is 12.1 Å². The number of rotatable bonds is 7. The number of alkyl halides is 3. The number of ether oxygens (including phenoxy) is 3. The van der Waals surface area contributed by atoms with Gasteiger partial charge in [0.15, 0.2) is 11.5 Å².